The molecular weight excluding hydrogens is 298 g/mol. The van der Waals surface area contributed by atoms with E-state index in [1.165, 1.54) is 42.7 Å². The number of nitrogens with zero attached hydrogens (tertiary/aromatic N) is 1. The van der Waals surface area contributed by atoms with Crippen LogP contribution in [0.5, 0.6) is 0 Å². The molecule has 0 bridgehead atoms. The van der Waals surface area contributed by atoms with Gasteiger partial charge in [0, 0.05) is 18.7 Å². The number of esters is 1. The standard InChI is InChI=1S/C21H23NO2/c1-22(20-11-12-20)15-17-4-3-5-19(14-17)18-9-6-16(7-10-18)8-13-21(23)24-2/h3-10,13-14,20H,11-12,15H2,1-2H3/b13-8+. The summed E-state index contributed by atoms with van der Waals surface area (Å²) in [4.78, 5) is 13.6. The van der Waals surface area contributed by atoms with Crippen LogP contribution in [0.3, 0.4) is 0 Å². The van der Waals surface area contributed by atoms with Crippen molar-refractivity contribution in [2.75, 3.05) is 14.2 Å². The van der Waals surface area contributed by atoms with Gasteiger partial charge in [0.25, 0.3) is 0 Å². The van der Waals surface area contributed by atoms with Gasteiger partial charge in [-0.15, -0.1) is 0 Å². The van der Waals surface area contributed by atoms with E-state index < -0.39 is 0 Å². The monoisotopic (exact) mass is 321 g/mol. The molecule has 24 heavy (non-hydrogen) atoms. The number of methoxy groups -OCH3 is 1. The number of hydrogen-bond donors (Lipinski definition) is 0. The Hall–Kier alpha value is -2.39. The number of carbonyl (C=O) groups is 1. The maximum Gasteiger partial charge on any atom is 0.330 e. The summed E-state index contributed by atoms with van der Waals surface area (Å²) in [7, 11) is 3.58. The van der Waals surface area contributed by atoms with E-state index in [1.807, 2.05) is 12.1 Å². The predicted molar refractivity (Wildman–Crippen MR) is 97.4 cm³/mol. The molecular formula is C21H23NO2. The summed E-state index contributed by atoms with van der Waals surface area (Å²) in [6.45, 7) is 0.998. The molecule has 1 aliphatic carbocycles. The van der Waals surface area contributed by atoms with Crippen LogP contribution in [0.2, 0.25) is 0 Å². The van der Waals surface area contributed by atoms with Crippen LogP contribution in [0.1, 0.15) is 24.0 Å². The maximum absolute atomic E-state index is 11.1. The Balaban J connectivity index is 1.71. The lowest BCUT2D eigenvalue weighted by Crippen LogP contribution is -2.19. The van der Waals surface area contributed by atoms with Gasteiger partial charge < -0.3 is 4.74 Å². The summed E-state index contributed by atoms with van der Waals surface area (Å²) in [5.41, 5.74) is 4.73. The van der Waals surface area contributed by atoms with E-state index in [-0.39, 0.29) is 5.97 Å². The second-order valence-electron chi connectivity index (χ2n) is 6.33. The third-order valence-electron chi connectivity index (χ3n) is 4.39. The topological polar surface area (TPSA) is 29.5 Å². The minimum atomic E-state index is -0.341. The Morgan fingerprint density at radius 2 is 1.92 bits per heavy atom. The molecule has 0 aromatic heterocycles. The summed E-state index contributed by atoms with van der Waals surface area (Å²) >= 11 is 0. The number of ether oxygens (including phenoxy) is 1. The first kappa shape index (κ1) is 16.5. The molecule has 1 saturated carbocycles. The van der Waals surface area contributed by atoms with Crippen LogP contribution < -0.4 is 0 Å². The summed E-state index contributed by atoms with van der Waals surface area (Å²) in [5.74, 6) is -0.341. The van der Waals surface area contributed by atoms with Gasteiger partial charge in [0.15, 0.2) is 0 Å². The molecule has 0 radical (unpaired) electrons. The minimum Gasteiger partial charge on any atom is -0.466 e. The van der Waals surface area contributed by atoms with Crippen molar-refractivity contribution < 1.29 is 9.53 Å². The minimum absolute atomic E-state index is 0.341. The van der Waals surface area contributed by atoms with Gasteiger partial charge in [0.05, 0.1) is 7.11 Å². The highest BCUT2D eigenvalue weighted by Gasteiger charge is 2.25. The smallest absolute Gasteiger partial charge is 0.330 e. The van der Waals surface area contributed by atoms with Crippen molar-refractivity contribution >= 4 is 12.0 Å². The van der Waals surface area contributed by atoms with E-state index in [9.17, 15) is 4.79 Å². The van der Waals surface area contributed by atoms with Crippen molar-refractivity contribution in [2.24, 2.45) is 0 Å². The highest BCUT2D eigenvalue weighted by molar-refractivity contribution is 5.87. The van der Waals surface area contributed by atoms with Gasteiger partial charge in [-0.05, 0) is 54.3 Å². The molecule has 3 heteroatoms. The summed E-state index contributed by atoms with van der Waals surface area (Å²) < 4.78 is 4.60. The average Bonchev–Trinajstić information content (AvgIpc) is 3.45. The molecule has 124 valence electrons. The Morgan fingerprint density at radius 1 is 1.17 bits per heavy atom. The largest absolute Gasteiger partial charge is 0.466 e. The van der Waals surface area contributed by atoms with Crippen molar-refractivity contribution in [3.05, 3.63) is 65.7 Å². The number of rotatable bonds is 6. The zero-order valence-electron chi connectivity index (χ0n) is 14.2. The van der Waals surface area contributed by atoms with Crippen molar-refractivity contribution in [3.8, 4) is 11.1 Å². The second kappa shape index (κ2) is 7.45. The van der Waals surface area contributed by atoms with E-state index in [4.69, 9.17) is 0 Å². The lowest BCUT2D eigenvalue weighted by molar-refractivity contribution is -0.134. The van der Waals surface area contributed by atoms with Gasteiger partial charge >= 0.3 is 5.97 Å². The number of carbonyl (C=O) groups excluding carboxylic acids is 1. The Morgan fingerprint density at radius 3 is 2.58 bits per heavy atom. The summed E-state index contributed by atoms with van der Waals surface area (Å²) in [6.07, 6.45) is 5.85. The third-order valence-corrected chi connectivity index (χ3v) is 4.39. The zero-order valence-corrected chi connectivity index (χ0v) is 14.2. The van der Waals surface area contributed by atoms with Crippen LogP contribution in [0.15, 0.2) is 54.6 Å². The van der Waals surface area contributed by atoms with Gasteiger partial charge in [-0.1, -0.05) is 42.5 Å². The highest BCUT2D eigenvalue weighted by atomic mass is 16.5. The molecule has 2 aromatic rings. The average molecular weight is 321 g/mol. The van der Waals surface area contributed by atoms with Gasteiger partial charge in [-0.25, -0.2) is 4.79 Å². The quantitative estimate of drug-likeness (QED) is 0.592. The first-order valence-electron chi connectivity index (χ1n) is 8.31. The fourth-order valence-corrected chi connectivity index (χ4v) is 2.80. The fraction of sp³-hybridized carbons (Fsp3) is 0.286. The van der Waals surface area contributed by atoms with Gasteiger partial charge in [0.1, 0.15) is 0 Å². The van der Waals surface area contributed by atoms with E-state index in [2.05, 4.69) is 53.1 Å². The van der Waals surface area contributed by atoms with Gasteiger partial charge in [-0.2, -0.15) is 0 Å². The van der Waals surface area contributed by atoms with Crippen molar-refractivity contribution in [2.45, 2.75) is 25.4 Å². The SMILES string of the molecule is COC(=O)/C=C/c1ccc(-c2cccc(CN(C)C3CC3)c2)cc1. The zero-order chi connectivity index (χ0) is 16.9. The lowest BCUT2D eigenvalue weighted by atomic mass is 10.0. The summed E-state index contributed by atoms with van der Waals surface area (Å²) in [6, 6.07) is 17.7. The normalized spacial score (nSPS) is 14.3. The van der Waals surface area contributed by atoms with Crippen LogP contribution in [0, 0.1) is 0 Å². The van der Waals surface area contributed by atoms with Crippen LogP contribution in [-0.2, 0) is 16.1 Å². The molecule has 0 saturated heterocycles. The molecule has 1 aliphatic rings. The number of hydrogen-bond acceptors (Lipinski definition) is 3. The van der Waals surface area contributed by atoms with Crippen LogP contribution in [-0.4, -0.2) is 31.1 Å². The second-order valence-corrected chi connectivity index (χ2v) is 6.33. The lowest BCUT2D eigenvalue weighted by Gasteiger charge is -2.16. The maximum atomic E-state index is 11.1. The van der Waals surface area contributed by atoms with Crippen molar-refractivity contribution in [1.29, 1.82) is 0 Å². The molecule has 0 heterocycles. The van der Waals surface area contributed by atoms with Gasteiger partial charge in [-0.3, -0.25) is 4.90 Å². The molecule has 0 aliphatic heterocycles. The molecule has 3 rings (SSSR count). The van der Waals surface area contributed by atoms with Crippen molar-refractivity contribution in [1.82, 2.24) is 4.90 Å². The fourth-order valence-electron chi connectivity index (χ4n) is 2.80. The Bertz CT molecular complexity index is 730. The van der Waals surface area contributed by atoms with E-state index >= 15 is 0 Å². The molecule has 3 nitrogen and oxygen atoms in total. The summed E-state index contributed by atoms with van der Waals surface area (Å²) in [5, 5.41) is 0. The van der Waals surface area contributed by atoms with Crippen LogP contribution in [0.25, 0.3) is 17.2 Å². The van der Waals surface area contributed by atoms with E-state index in [0.717, 1.165) is 18.2 Å². The number of benzene rings is 2. The van der Waals surface area contributed by atoms with Crippen molar-refractivity contribution in [3.63, 3.8) is 0 Å². The van der Waals surface area contributed by atoms with E-state index in [1.54, 1.807) is 6.08 Å². The van der Waals surface area contributed by atoms with E-state index in [0.29, 0.717) is 0 Å². The molecule has 2 aromatic carbocycles. The van der Waals surface area contributed by atoms with Gasteiger partial charge in [0.2, 0.25) is 0 Å². The molecule has 0 atom stereocenters. The molecule has 0 unspecified atom stereocenters. The first-order valence-corrected chi connectivity index (χ1v) is 8.31. The predicted octanol–water partition coefficient (Wildman–Crippen LogP) is 4.13. The molecule has 0 amide bonds. The van der Waals surface area contributed by atoms with Crippen LogP contribution in [0.4, 0.5) is 0 Å². The Kier molecular flexibility index (Phi) is 5.11. The molecule has 1 fully saturated rings. The van der Waals surface area contributed by atoms with Crippen LogP contribution >= 0.6 is 0 Å². The highest BCUT2D eigenvalue weighted by Crippen LogP contribution is 2.28. The molecule has 0 spiro atoms. The molecule has 0 N–H and O–H groups in total. The third kappa shape index (κ3) is 4.33. The first-order chi connectivity index (χ1) is 11.7. The Labute approximate surface area is 143 Å².